The Hall–Kier alpha value is 0.260. The largest absolute Gasteiger partial charge is 0.475 e. The van der Waals surface area contributed by atoms with E-state index in [0.717, 1.165) is 0 Å². The molecule has 0 aromatic rings. The highest BCUT2D eigenvalue weighted by molar-refractivity contribution is 7.55. The van der Waals surface area contributed by atoms with Crippen LogP contribution in [0.2, 0.25) is 0 Å². The van der Waals surface area contributed by atoms with Gasteiger partial charge < -0.3 is 9.05 Å². The summed E-state index contributed by atoms with van der Waals surface area (Å²) in [4.78, 5) is 0. The molecule has 7 nitrogen and oxygen atoms in total. The molecule has 0 spiro atoms. The molecule has 0 N–H and O–H groups in total. The van der Waals surface area contributed by atoms with E-state index in [2.05, 4.69) is 0 Å². The van der Waals surface area contributed by atoms with Gasteiger partial charge in [-0.1, -0.05) is 41.5 Å². The van der Waals surface area contributed by atoms with Gasteiger partial charge in [0.05, 0.1) is 26.4 Å². The minimum absolute atomic E-state index is 0.161. The summed E-state index contributed by atoms with van der Waals surface area (Å²) in [5, 5.41) is 0. The topological polar surface area (TPSA) is 80.3 Å². The van der Waals surface area contributed by atoms with Crippen LogP contribution in [0.15, 0.2) is 0 Å². The van der Waals surface area contributed by atoms with Crippen molar-refractivity contribution in [2.45, 2.75) is 41.5 Å². The minimum Gasteiger partial charge on any atom is -0.306 e. The SMILES string of the molecule is CC(C)COP(=O)(OCC(C)C)OCP1(=O)OCC(C)(C)CO1. The van der Waals surface area contributed by atoms with Gasteiger partial charge in [-0.3, -0.25) is 18.1 Å². The minimum atomic E-state index is -3.80. The molecule has 1 aliphatic heterocycles. The van der Waals surface area contributed by atoms with E-state index in [-0.39, 0.29) is 43.7 Å². The van der Waals surface area contributed by atoms with Gasteiger partial charge in [0.15, 0.2) is 6.35 Å². The first kappa shape index (κ1) is 21.3. The molecule has 1 aliphatic rings. The predicted octanol–water partition coefficient (Wildman–Crippen LogP) is 4.68. The van der Waals surface area contributed by atoms with Crippen LogP contribution in [-0.2, 0) is 31.7 Å². The van der Waals surface area contributed by atoms with E-state index in [1.807, 2.05) is 41.5 Å². The van der Waals surface area contributed by atoms with Crippen molar-refractivity contribution < 1.29 is 31.7 Å². The molecule has 1 saturated heterocycles. The Bertz CT molecular complexity index is 432. The maximum Gasteiger partial charge on any atom is 0.475 e. The zero-order valence-electron chi connectivity index (χ0n) is 14.9. The van der Waals surface area contributed by atoms with Crippen molar-refractivity contribution in [1.82, 2.24) is 0 Å². The number of hydrogen-bond donors (Lipinski definition) is 0. The van der Waals surface area contributed by atoms with Crippen LogP contribution in [0.5, 0.6) is 0 Å². The van der Waals surface area contributed by atoms with Crippen LogP contribution in [0.25, 0.3) is 0 Å². The van der Waals surface area contributed by atoms with Gasteiger partial charge in [0.2, 0.25) is 0 Å². The predicted molar refractivity (Wildman–Crippen MR) is 88.4 cm³/mol. The summed E-state index contributed by atoms with van der Waals surface area (Å²) in [5.74, 6) is 0.321. The highest BCUT2D eigenvalue weighted by Gasteiger charge is 2.40. The van der Waals surface area contributed by atoms with Gasteiger partial charge in [0.1, 0.15) is 0 Å². The van der Waals surface area contributed by atoms with Crippen molar-refractivity contribution in [3.05, 3.63) is 0 Å². The van der Waals surface area contributed by atoms with E-state index in [9.17, 15) is 9.13 Å². The number of phosphoric ester groups is 1. The van der Waals surface area contributed by atoms with Crippen LogP contribution < -0.4 is 0 Å². The number of hydrogen-bond acceptors (Lipinski definition) is 7. The molecule has 0 unspecified atom stereocenters. The van der Waals surface area contributed by atoms with Crippen molar-refractivity contribution >= 4 is 15.4 Å². The third kappa shape index (κ3) is 8.26. The fourth-order valence-corrected chi connectivity index (χ4v) is 5.07. The molecular formula is C14H30O7P2. The lowest BCUT2D eigenvalue weighted by molar-refractivity contribution is 0.0304. The summed E-state index contributed by atoms with van der Waals surface area (Å²) in [5.41, 5.74) is -0.208. The first-order valence-electron chi connectivity index (χ1n) is 7.87. The fourth-order valence-electron chi connectivity index (χ4n) is 1.43. The van der Waals surface area contributed by atoms with Crippen LogP contribution >= 0.6 is 15.4 Å². The molecule has 1 heterocycles. The van der Waals surface area contributed by atoms with E-state index in [0.29, 0.717) is 0 Å². The third-order valence-corrected chi connectivity index (χ3v) is 5.88. The lowest BCUT2D eigenvalue weighted by Crippen LogP contribution is -2.30. The average molecular weight is 372 g/mol. The first-order chi connectivity index (χ1) is 10.5. The molecule has 0 saturated carbocycles. The highest BCUT2D eigenvalue weighted by atomic mass is 31.2. The summed E-state index contributed by atoms with van der Waals surface area (Å²) in [7, 11) is -7.24. The van der Waals surface area contributed by atoms with Crippen molar-refractivity contribution in [2.75, 3.05) is 32.8 Å². The normalized spacial score (nSPS) is 21.0. The summed E-state index contributed by atoms with van der Waals surface area (Å²) in [6.07, 6.45) is -0.448. The van der Waals surface area contributed by atoms with Crippen LogP contribution in [0.4, 0.5) is 0 Å². The lowest BCUT2D eigenvalue weighted by atomic mass is 9.97. The summed E-state index contributed by atoms with van der Waals surface area (Å²) in [6, 6.07) is 0. The zero-order chi connectivity index (χ0) is 17.7. The van der Waals surface area contributed by atoms with Crippen LogP contribution in [0.3, 0.4) is 0 Å². The summed E-state index contributed by atoms with van der Waals surface area (Å²) >= 11 is 0. The van der Waals surface area contributed by atoms with Gasteiger partial charge in [-0.25, -0.2) is 4.57 Å². The Kier molecular flexibility index (Phi) is 7.94. The molecule has 1 fully saturated rings. The van der Waals surface area contributed by atoms with E-state index in [4.69, 9.17) is 22.6 Å². The van der Waals surface area contributed by atoms with Gasteiger partial charge in [-0.05, 0) is 11.8 Å². The monoisotopic (exact) mass is 372 g/mol. The Balaban J connectivity index is 2.62. The molecular weight excluding hydrogens is 342 g/mol. The Labute approximate surface area is 139 Å². The van der Waals surface area contributed by atoms with Crippen molar-refractivity contribution in [3.8, 4) is 0 Å². The molecule has 0 aromatic carbocycles. The third-order valence-electron chi connectivity index (χ3n) is 2.81. The average Bonchev–Trinajstić information content (AvgIpc) is 2.45. The number of rotatable bonds is 9. The second-order valence-corrected chi connectivity index (χ2v) is 11.1. The molecule has 0 atom stereocenters. The van der Waals surface area contributed by atoms with Crippen molar-refractivity contribution in [3.63, 3.8) is 0 Å². The molecule has 138 valence electrons. The number of phosphoric acid groups is 1. The van der Waals surface area contributed by atoms with Crippen LogP contribution in [0, 0.1) is 17.3 Å². The van der Waals surface area contributed by atoms with E-state index in [1.54, 1.807) is 0 Å². The van der Waals surface area contributed by atoms with Crippen molar-refractivity contribution in [1.29, 1.82) is 0 Å². The van der Waals surface area contributed by atoms with E-state index < -0.39 is 21.8 Å². The van der Waals surface area contributed by atoms with Gasteiger partial charge in [0, 0.05) is 5.41 Å². The molecule has 0 aromatic heterocycles. The van der Waals surface area contributed by atoms with Crippen molar-refractivity contribution in [2.24, 2.45) is 17.3 Å². The molecule has 0 bridgehead atoms. The standard InChI is InChI=1S/C14H30O7P2/c1-12(2)7-17-23(16,18-8-13(3)4)21-11-22(15)19-9-14(5,6)10-20-22/h12-13H,7-11H2,1-6H3. The Morgan fingerprint density at radius 2 is 1.43 bits per heavy atom. The second kappa shape index (κ2) is 8.57. The van der Waals surface area contributed by atoms with Gasteiger partial charge in [-0.15, -0.1) is 0 Å². The summed E-state index contributed by atoms with van der Waals surface area (Å²) in [6.45, 7) is 12.6. The van der Waals surface area contributed by atoms with E-state index in [1.165, 1.54) is 0 Å². The molecule has 0 amide bonds. The molecule has 1 rings (SSSR count). The Morgan fingerprint density at radius 1 is 1.00 bits per heavy atom. The smallest absolute Gasteiger partial charge is 0.306 e. The van der Waals surface area contributed by atoms with E-state index >= 15 is 0 Å². The fraction of sp³-hybridized carbons (Fsp3) is 1.00. The van der Waals surface area contributed by atoms with Gasteiger partial charge in [0.25, 0.3) is 0 Å². The maximum absolute atomic E-state index is 12.6. The maximum atomic E-state index is 12.6. The molecule has 0 aliphatic carbocycles. The van der Waals surface area contributed by atoms with Gasteiger partial charge >= 0.3 is 15.4 Å². The lowest BCUT2D eigenvalue weighted by Gasteiger charge is -2.34. The molecule has 23 heavy (non-hydrogen) atoms. The van der Waals surface area contributed by atoms with Crippen LogP contribution in [0.1, 0.15) is 41.5 Å². The second-order valence-electron chi connectivity index (χ2n) is 7.41. The summed E-state index contributed by atoms with van der Waals surface area (Å²) < 4.78 is 51.5. The Morgan fingerprint density at radius 3 is 1.83 bits per heavy atom. The highest BCUT2D eigenvalue weighted by Crippen LogP contribution is 2.59. The van der Waals surface area contributed by atoms with Gasteiger partial charge in [-0.2, -0.15) is 0 Å². The quantitative estimate of drug-likeness (QED) is 0.544. The molecule has 9 heteroatoms. The zero-order valence-corrected chi connectivity index (χ0v) is 16.7. The molecule has 0 radical (unpaired) electrons. The first-order valence-corrected chi connectivity index (χ1v) is 11.1. The van der Waals surface area contributed by atoms with Crippen LogP contribution in [-0.4, -0.2) is 32.8 Å².